The van der Waals surface area contributed by atoms with Gasteiger partial charge in [-0.25, -0.2) is 0 Å². The Labute approximate surface area is 89.9 Å². The van der Waals surface area contributed by atoms with Crippen molar-refractivity contribution in [2.24, 2.45) is 0 Å². The van der Waals surface area contributed by atoms with E-state index in [0.717, 1.165) is 12.8 Å². The number of carbonyl (C=O) groups excluding carboxylic acids is 1. The third-order valence-corrected chi connectivity index (χ3v) is 2.47. The largest absolute Gasteiger partial charge is 0.501 e. The molecule has 3 nitrogen and oxygen atoms in total. The number of carbonyl (C=O) groups is 1. The maximum absolute atomic E-state index is 11.8. The molecule has 0 aliphatic carbocycles. The Morgan fingerprint density at radius 3 is 2.93 bits per heavy atom. The molecule has 0 amide bonds. The minimum Gasteiger partial charge on any atom is -0.501 e. The molecule has 1 aliphatic rings. The maximum Gasteiger partial charge on any atom is 0.195 e. The Morgan fingerprint density at radius 2 is 2.36 bits per heavy atom. The van der Waals surface area contributed by atoms with Gasteiger partial charge in [0.15, 0.2) is 10.5 Å². The molecule has 74 valence electrons. The highest BCUT2D eigenvalue weighted by Gasteiger charge is 2.17. The molecule has 0 spiro atoms. The number of halogens is 1. The molecule has 0 saturated heterocycles. The Morgan fingerprint density at radius 1 is 1.50 bits per heavy atom. The van der Waals surface area contributed by atoms with E-state index in [1.165, 1.54) is 6.26 Å². The van der Waals surface area contributed by atoms with Crippen molar-refractivity contribution in [1.29, 1.82) is 0 Å². The molecule has 2 rings (SSSR count). The Hall–Kier alpha value is -1.03. The number of furan rings is 1. The fourth-order valence-corrected chi connectivity index (χ4v) is 1.69. The number of hydrogen-bond acceptors (Lipinski definition) is 3. The van der Waals surface area contributed by atoms with Crippen LogP contribution in [0.1, 0.15) is 23.2 Å². The number of ether oxygens (including phenoxy) is 1. The summed E-state index contributed by atoms with van der Waals surface area (Å²) in [5.41, 5.74) is 1.28. The summed E-state index contributed by atoms with van der Waals surface area (Å²) in [5, 5.41) is 0. The van der Waals surface area contributed by atoms with Crippen LogP contribution in [-0.4, -0.2) is 12.4 Å². The van der Waals surface area contributed by atoms with Crippen LogP contribution in [0.3, 0.4) is 0 Å². The molecular weight excluding hydrogens is 248 g/mol. The van der Waals surface area contributed by atoms with Crippen LogP contribution in [0, 0.1) is 0 Å². The quantitative estimate of drug-likeness (QED) is 0.764. The summed E-state index contributed by atoms with van der Waals surface area (Å²) in [6.45, 7) is 0.700. The summed E-state index contributed by atoms with van der Waals surface area (Å²) in [4.78, 5) is 11.8. The van der Waals surface area contributed by atoms with Crippen molar-refractivity contribution in [3.63, 3.8) is 0 Å². The van der Waals surface area contributed by atoms with Gasteiger partial charge in [-0.15, -0.1) is 0 Å². The van der Waals surface area contributed by atoms with Gasteiger partial charge in [-0.05, 0) is 28.8 Å². The molecule has 1 aromatic heterocycles. The average molecular weight is 257 g/mol. The van der Waals surface area contributed by atoms with Crippen LogP contribution in [0.2, 0.25) is 0 Å². The second-order valence-electron chi connectivity index (χ2n) is 3.09. The number of Topliss-reactive ketones (excluding diaryl/α,β-unsaturated/α-hetero) is 1. The molecule has 2 heterocycles. The molecule has 0 atom stereocenters. The summed E-state index contributed by atoms with van der Waals surface area (Å²) in [5.74, 6) is -0.0147. The van der Waals surface area contributed by atoms with Crippen molar-refractivity contribution in [3.05, 3.63) is 34.4 Å². The SMILES string of the molecule is O=C(C1=COCCC1)c1coc(Br)c1. The number of hydrogen-bond donors (Lipinski definition) is 0. The number of rotatable bonds is 2. The molecule has 0 saturated carbocycles. The molecule has 4 heteroatoms. The molecule has 0 N–H and O–H groups in total. The fourth-order valence-electron chi connectivity index (χ4n) is 1.35. The average Bonchev–Trinajstić information content (AvgIpc) is 2.65. The van der Waals surface area contributed by atoms with Crippen molar-refractivity contribution in [3.8, 4) is 0 Å². The van der Waals surface area contributed by atoms with Gasteiger partial charge in [0.05, 0.1) is 18.4 Å². The van der Waals surface area contributed by atoms with E-state index in [2.05, 4.69) is 15.9 Å². The molecular formula is C10H9BrO3. The maximum atomic E-state index is 11.8. The van der Waals surface area contributed by atoms with Crippen molar-refractivity contribution in [2.45, 2.75) is 12.8 Å². The molecule has 0 bridgehead atoms. The first kappa shape index (κ1) is 9.52. The second kappa shape index (κ2) is 4.00. The lowest BCUT2D eigenvalue weighted by molar-refractivity contribution is 0.101. The monoisotopic (exact) mass is 256 g/mol. The molecule has 0 fully saturated rings. The minimum atomic E-state index is -0.0147. The highest BCUT2D eigenvalue weighted by Crippen LogP contribution is 2.21. The van der Waals surface area contributed by atoms with Crippen molar-refractivity contribution >= 4 is 21.7 Å². The highest BCUT2D eigenvalue weighted by molar-refractivity contribution is 9.10. The Kier molecular flexibility index (Phi) is 2.72. The van der Waals surface area contributed by atoms with Gasteiger partial charge in [-0.2, -0.15) is 0 Å². The third kappa shape index (κ3) is 1.90. The van der Waals surface area contributed by atoms with Gasteiger partial charge in [-0.3, -0.25) is 4.79 Å². The van der Waals surface area contributed by atoms with Crippen molar-refractivity contribution in [1.82, 2.24) is 0 Å². The molecule has 0 unspecified atom stereocenters. The van der Waals surface area contributed by atoms with Crippen molar-refractivity contribution < 1.29 is 13.9 Å². The van der Waals surface area contributed by atoms with Gasteiger partial charge in [0.2, 0.25) is 0 Å². The van der Waals surface area contributed by atoms with Gasteiger partial charge < -0.3 is 9.15 Å². The van der Waals surface area contributed by atoms with Gasteiger partial charge in [0.25, 0.3) is 0 Å². The molecule has 0 radical (unpaired) electrons. The van der Waals surface area contributed by atoms with E-state index in [1.54, 1.807) is 12.3 Å². The van der Waals surface area contributed by atoms with Crippen LogP contribution in [0.25, 0.3) is 0 Å². The summed E-state index contributed by atoms with van der Waals surface area (Å²) in [6.07, 6.45) is 4.67. The molecule has 1 aromatic rings. The van der Waals surface area contributed by atoms with Gasteiger partial charge in [0, 0.05) is 11.6 Å². The lowest BCUT2D eigenvalue weighted by atomic mass is 10.0. The number of ketones is 1. The van der Waals surface area contributed by atoms with Crippen LogP contribution in [0.15, 0.2) is 33.3 Å². The van der Waals surface area contributed by atoms with Crippen LogP contribution in [0.5, 0.6) is 0 Å². The first-order chi connectivity index (χ1) is 6.77. The zero-order chi connectivity index (χ0) is 9.97. The standard InChI is InChI=1S/C10H9BrO3/c11-9-4-8(6-14-9)10(12)7-2-1-3-13-5-7/h4-6H,1-3H2. The van der Waals surface area contributed by atoms with E-state index in [4.69, 9.17) is 9.15 Å². The molecule has 14 heavy (non-hydrogen) atoms. The lowest BCUT2D eigenvalue weighted by Crippen LogP contribution is -2.08. The van der Waals surface area contributed by atoms with Gasteiger partial charge >= 0.3 is 0 Å². The van der Waals surface area contributed by atoms with Crippen LogP contribution < -0.4 is 0 Å². The summed E-state index contributed by atoms with van der Waals surface area (Å²) >= 11 is 3.15. The van der Waals surface area contributed by atoms with E-state index < -0.39 is 0 Å². The molecule has 0 aromatic carbocycles. The predicted octanol–water partition coefficient (Wildman–Crippen LogP) is 2.92. The van der Waals surface area contributed by atoms with Crippen molar-refractivity contribution in [2.75, 3.05) is 6.61 Å². The smallest absolute Gasteiger partial charge is 0.195 e. The first-order valence-electron chi connectivity index (χ1n) is 4.37. The topological polar surface area (TPSA) is 39.4 Å². The highest BCUT2D eigenvalue weighted by atomic mass is 79.9. The second-order valence-corrected chi connectivity index (χ2v) is 3.87. The summed E-state index contributed by atoms with van der Waals surface area (Å²) < 4.78 is 10.7. The minimum absolute atomic E-state index is 0.0147. The third-order valence-electron chi connectivity index (χ3n) is 2.06. The van der Waals surface area contributed by atoms with Crippen LogP contribution in [0.4, 0.5) is 0 Å². The predicted molar refractivity (Wildman–Crippen MR) is 54.0 cm³/mol. The van der Waals surface area contributed by atoms with E-state index >= 15 is 0 Å². The van der Waals surface area contributed by atoms with E-state index in [9.17, 15) is 4.79 Å². The lowest BCUT2D eigenvalue weighted by Gasteiger charge is -2.11. The van der Waals surface area contributed by atoms with Crippen LogP contribution >= 0.6 is 15.9 Å². The summed E-state index contributed by atoms with van der Waals surface area (Å²) in [6, 6.07) is 1.66. The number of allylic oxidation sites excluding steroid dienone is 1. The van der Waals surface area contributed by atoms with E-state index in [0.29, 0.717) is 22.4 Å². The Balaban J connectivity index is 2.19. The molecule has 1 aliphatic heterocycles. The summed E-state index contributed by atoms with van der Waals surface area (Å²) in [7, 11) is 0. The van der Waals surface area contributed by atoms with Crippen LogP contribution in [-0.2, 0) is 4.74 Å². The fraction of sp³-hybridized carbons (Fsp3) is 0.300. The van der Waals surface area contributed by atoms with Gasteiger partial charge in [-0.1, -0.05) is 0 Å². The normalized spacial score (nSPS) is 15.9. The first-order valence-corrected chi connectivity index (χ1v) is 5.16. The Bertz CT molecular complexity index is 378. The zero-order valence-corrected chi connectivity index (χ0v) is 9.04. The zero-order valence-electron chi connectivity index (χ0n) is 7.46. The van der Waals surface area contributed by atoms with E-state index in [1.807, 2.05) is 0 Å². The van der Waals surface area contributed by atoms with E-state index in [-0.39, 0.29) is 5.78 Å². The van der Waals surface area contributed by atoms with Gasteiger partial charge in [0.1, 0.15) is 6.26 Å².